The van der Waals surface area contributed by atoms with E-state index < -0.39 is 0 Å². The third kappa shape index (κ3) is 6.54. The van der Waals surface area contributed by atoms with Crippen molar-refractivity contribution in [2.45, 2.75) is 0 Å². The zero-order valence-corrected chi connectivity index (χ0v) is 35.6. The topological polar surface area (TPSA) is 113 Å². The van der Waals surface area contributed by atoms with Gasteiger partial charge < -0.3 is 4.42 Å². The van der Waals surface area contributed by atoms with Crippen LogP contribution in [0, 0.1) is 0 Å². The van der Waals surface area contributed by atoms with Crippen LogP contribution < -0.4 is 0 Å². The van der Waals surface area contributed by atoms with Gasteiger partial charge in [-0.1, -0.05) is 170 Å². The fourth-order valence-corrected chi connectivity index (χ4v) is 9.13. The molecule has 0 bridgehead atoms. The first-order chi connectivity index (χ1) is 33.2. The van der Waals surface area contributed by atoms with Gasteiger partial charge in [0.05, 0.1) is 33.5 Å². The van der Waals surface area contributed by atoms with Gasteiger partial charge in [0.15, 0.2) is 11.6 Å². The minimum Gasteiger partial charge on any atom is -0.416 e. The highest BCUT2D eigenvalue weighted by Crippen LogP contribution is 2.40. The van der Waals surface area contributed by atoms with Gasteiger partial charge in [-0.2, -0.15) is 9.97 Å². The van der Waals surface area contributed by atoms with Gasteiger partial charge in [-0.05, 0) is 42.5 Å². The van der Waals surface area contributed by atoms with Crippen molar-refractivity contribution in [2.75, 3.05) is 0 Å². The smallest absolute Gasteiger partial charge is 0.248 e. The van der Waals surface area contributed by atoms with Crippen LogP contribution >= 0.6 is 0 Å². The Kier molecular flexibility index (Phi) is 8.92. The third-order valence-electron chi connectivity index (χ3n) is 12.2. The van der Waals surface area contributed by atoms with E-state index in [0.29, 0.717) is 35.3 Å². The van der Waals surface area contributed by atoms with Crippen molar-refractivity contribution in [3.05, 3.63) is 212 Å². The second-order valence-electron chi connectivity index (χ2n) is 16.2. The Balaban J connectivity index is 0.961. The largest absolute Gasteiger partial charge is 0.416 e. The van der Waals surface area contributed by atoms with Crippen molar-refractivity contribution >= 4 is 43.6 Å². The van der Waals surface area contributed by atoms with E-state index in [9.17, 15) is 0 Å². The summed E-state index contributed by atoms with van der Waals surface area (Å²) >= 11 is 0. The van der Waals surface area contributed by atoms with Gasteiger partial charge in [-0.3, -0.25) is 9.13 Å². The SMILES string of the molecule is c1ccc(-c2cc(-c3ccccc3)nc(-n3c4ccccc4c4ccc(-c5nnc(-c6cccc7c6c6ccccc6n7-c6nc(-c7ccccc7)nc(-c7ccccc7)n6)o5)cc43)n2)cc1. The van der Waals surface area contributed by atoms with Gasteiger partial charge in [0, 0.05) is 54.9 Å². The lowest BCUT2D eigenvalue weighted by Gasteiger charge is -2.12. The van der Waals surface area contributed by atoms with Gasteiger partial charge >= 0.3 is 0 Å². The van der Waals surface area contributed by atoms with Crippen molar-refractivity contribution in [1.29, 1.82) is 0 Å². The summed E-state index contributed by atoms with van der Waals surface area (Å²) in [6, 6.07) is 71.5. The lowest BCUT2D eigenvalue weighted by molar-refractivity contribution is 0.585. The van der Waals surface area contributed by atoms with E-state index in [2.05, 4.69) is 93.1 Å². The van der Waals surface area contributed by atoms with E-state index in [1.54, 1.807) is 0 Å². The summed E-state index contributed by atoms with van der Waals surface area (Å²) < 4.78 is 10.9. The average Bonchev–Trinajstić information content (AvgIpc) is 4.13. The summed E-state index contributed by atoms with van der Waals surface area (Å²) in [7, 11) is 0. The first kappa shape index (κ1) is 38.1. The van der Waals surface area contributed by atoms with Crippen molar-refractivity contribution in [2.24, 2.45) is 0 Å². The molecule has 0 fully saturated rings. The standard InChI is InChI=1S/C57H35N9O/c1-5-18-36(19-6-1)45-35-46(37-20-7-2-8-21-37)59-56(58-45)66-47-29-15-13-26-41(47)42-33-32-40(34-50(42)66)54-63-64-55(67-54)44-28-17-31-49-51(44)43-27-14-16-30-48(43)65(49)57-61-52(38-22-9-3-10-23-38)60-53(62-57)39-24-11-4-12-25-39/h1-35H. The Hall–Kier alpha value is -9.41. The Labute approximate surface area is 383 Å². The molecule has 314 valence electrons. The molecule has 0 N–H and O–H groups in total. The number of nitrogens with zero attached hydrogens (tertiary/aromatic N) is 9. The maximum Gasteiger partial charge on any atom is 0.248 e. The first-order valence-electron chi connectivity index (χ1n) is 22.0. The number of rotatable bonds is 8. The third-order valence-corrected chi connectivity index (χ3v) is 12.2. The molecule has 10 heteroatoms. The Morgan fingerprint density at radius 3 is 1.42 bits per heavy atom. The van der Waals surface area contributed by atoms with Crippen LogP contribution in [0.2, 0.25) is 0 Å². The summed E-state index contributed by atoms with van der Waals surface area (Å²) in [5.74, 6) is 2.99. The summed E-state index contributed by atoms with van der Waals surface area (Å²) in [5.41, 5.74) is 10.7. The molecular weight excluding hydrogens is 827 g/mol. The number of aromatic nitrogens is 9. The van der Waals surface area contributed by atoms with Crippen LogP contribution in [0.5, 0.6) is 0 Å². The summed E-state index contributed by atoms with van der Waals surface area (Å²) in [6.07, 6.45) is 0. The Morgan fingerprint density at radius 1 is 0.313 bits per heavy atom. The highest BCUT2D eigenvalue weighted by molar-refractivity contribution is 6.15. The molecule has 0 atom stereocenters. The molecule has 0 amide bonds. The monoisotopic (exact) mass is 861 g/mol. The molecule has 13 rings (SSSR count). The molecule has 8 aromatic carbocycles. The quantitative estimate of drug-likeness (QED) is 0.148. The lowest BCUT2D eigenvalue weighted by Crippen LogP contribution is -2.06. The molecule has 0 unspecified atom stereocenters. The van der Waals surface area contributed by atoms with Crippen LogP contribution in [0.1, 0.15) is 0 Å². The molecule has 0 radical (unpaired) electrons. The summed E-state index contributed by atoms with van der Waals surface area (Å²) in [4.78, 5) is 25.6. The van der Waals surface area contributed by atoms with Crippen LogP contribution in [0.3, 0.4) is 0 Å². The molecule has 0 aliphatic rings. The van der Waals surface area contributed by atoms with Gasteiger partial charge in [-0.25, -0.2) is 15.0 Å². The number of para-hydroxylation sites is 2. The molecule has 10 nitrogen and oxygen atoms in total. The summed E-state index contributed by atoms with van der Waals surface area (Å²) in [5, 5.41) is 13.5. The maximum atomic E-state index is 6.69. The van der Waals surface area contributed by atoms with Gasteiger partial charge in [0.2, 0.25) is 23.7 Å². The zero-order chi connectivity index (χ0) is 44.3. The van der Waals surface area contributed by atoms with Gasteiger partial charge in [0.1, 0.15) is 0 Å². The summed E-state index contributed by atoms with van der Waals surface area (Å²) in [6.45, 7) is 0. The predicted molar refractivity (Wildman–Crippen MR) is 265 cm³/mol. The fourth-order valence-electron chi connectivity index (χ4n) is 9.13. The molecule has 5 aromatic heterocycles. The van der Waals surface area contributed by atoms with E-state index in [-0.39, 0.29) is 0 Å². The minimum absolute atomic E-state index is 0.385. The van der Waals surface area contributed by atoms with Gasteiger partial charge in [0.25, 0.3) is 0 Å². The molecule has 0 spiro atoms. The number of fused-ring (bicyclic) bond motifs is 6. The van der Waals surface area contributed by atoms with Gasteiger partial charge in [-0.15, -0.1) is 10.2 Å². The molecular formula is C57H35N9O. The zero-order valence-electron chi connectivity index (χ0n) is 35.6. The van der Waals surface area contributed by atoms with E-state index in [1.807, 2.05) is 133 Å². The van der Waals surface area contributed by atoms with Crippen molar-refractivity contribution in [3.8, 4) is 80.1 Å². The molecule has 0 saturated carbocycles. The number of hydrogen-bond donors (Lipinski definition) is 0. The first-order valence-corrected chi connectivity index (χ1v) is 22.0. The predicted octanol–water partition coefficient (Wildman–Crippen LogP) is 13.2. The lowest BCUT2D eigenvalue weighted by atomic mass is 10.1. The second kappa shape index (κ2) is 15.7. The van der Waals surface area contributed by atoms with Crippen LogP contribution in [0.15, 0.2) is 217 Å². The minimum atomic E-state index is 0.385. The highest BCUT2D eigenvalue weighted by atomic mass is 16.4. The molecule has 0 aliphatic heterocycles. The van der Waals surface area contributed by atoms with E-state index >= 15 is 0 Å². The van der Waals surface area contributed by atoms with Crippen molar-refractivity contribution in [1.82, 2.24) is 44.3 Å². The second-order valence-corrected chi connectivity index (χ2v) is 16.2. The average molecular weight is 862 g/mol. The van der Waals surface area contributed by atoms with Crippen LogP contribution in [-0.4, -0.2) is 44.3 Å². The normalized spacial score (nSPS) is 11.6. The maximum absolute atomic E-state index is 6.69. The Bertz CT molecular complexity index is 3860. The van der Waals surface area contributed by atoms with Crippen LogP contribution in [0.4, 0.5) is 0 Å². The molecule has 67 heavy (non-hydrogen) atoms. The van der Waals surface area contributed by atoms with Crippen LogP contribution in [-0.2, 0) is 0 Å². The number of hydrogen-bond acceptors (Lipinski definition) is 8. The molecule has 0 saturated heterocycles. The Morgan fingerprint density at radius 2 is 0.791 bits per heavy atom. The van der Waals surface area contributed by atoms with E-state index in [4.69, 9.17) is 34.4 Å². The van der Waals surface area contributed by atoms with Crippen LogP contribution in [0.25, 0.3) is 124 Å². The van der Waals surface area contributed by atoms with Crippen molar-refractivity contribution in [3.63, 3.8) is 0 Å². The number of benzene rings is 8. The highest BCUT2D eigenvalue weighted by Gasteiger charge is 2.23. The molecule has 13 aromatic rings. The van der Waals surface area contributed by atoms with Crippen molar-refractivity contribution < 1.29 is 4.42 Å². The molecule has 5 heterocycles. The van der Waals surface area contributed by atoms with E-state index in [1.165, 1.54) is 0 Å². The fraction of sp³-hybridized carbons (Fsp3) is 0. The van der Waals surface area contributed by atoms with E-state index in [0.717, 1.165) is 88.4 Å². The molecule has 0 aliphatic carbocycles.